The summed E-state index contributed by atoms with van der Waals surface area (Å²) in [5.74, 6) is -3.75. The fourth-order valence-electron chi connectivity index (χ4n) is 2.52. The second-order valence-electron chi connectivity index (χ2n) is 4.91. The van der Waals surface area contributed by atoms with Crippen molar-refractivity contribution >= 4 is 48.0 Å². The summed E-state index contributed by atoms with van der Waals surface area (Å²) in [5.41, 5.74) is 0. The van der Waals surface area contributed by atoms with Crippen molar-refractivity contribution in [3.05, 3.63) is 0 Å². The third-order valence-electron chi connectivity index (χ3n) is 3.55. The van der Waals surface area contributed by atoms with Gasteiger partial charge in [-0.3, -0.25) is 4.79 Å². The van der Waals surface area contributed by atoms with Gasteiger partial charge in [0.1, 0.15) is 12.0 Å². The smallest absolute Gasteiger partial charge is 0.401 e. The van der Waals surface area contributed by atoms with Crippen molar-refractivity contribution in [1.82, 2.24) is 4.90 Å². The van der Waals surface area contributed by atoms with Gasteiger partial charge in [-0.05, 0) is 0 Å². The molecule has 0 aromatic carbocycles. The molecule has 2 atom stereocenters. The SMILES string of the molecule is O=C(O)[C@@H]1CC2(CN1C(=O)C(CS)C(F)(F)F)SCCS2. The molecular formula is C11H14F3NO3S3. The summed E-state index contributed by atoms with van der Waals surface area (Å²) < 4.78 is 38.1. The zero-order valence-electron chi connectivity index (χ0n) is 10.8. The molecule has 1 unspecified atom stereocenters. The molecule has 2 heterocycles. The monoisotopic (exact) mass is 361 g/mol. The van der Waals surface area contributed by atoms with E-state index in [9.17, 15) is 27.9 Å². The number of likely N-dealkylation sites (tertiary alicyclic amines) is 1. The van der Waals surface area contributed by atoms with Gasteiger partial charge in [-0.1, -0.05) is 0 Å². The Balaban J connectivity index is 2.23. The maximum Gasteiger partial charge on any atom is 0.401 e. The molecule has 1 N–H and O–H groups in total. The van der Waals surface area contributed by atoms with Crippen molar-refractivity contribution in [3.8, 4) is 0 Å². The number of thioether (sulfide) groups is 2. The van der Waals surface area contributed by atoms with Crippen LogP contribution in [0.2, 0.25) is 0 Å². The van der Waals surface area contributed by atoms with E-state index in [1.54, 1.807) is 0 Å². The van der Waals surface area contributed by atoms with Crippen LogP contribution in [0.4, 0.5) is 13.2 Å². The van der Waals surface area contributed by atoms with E-state index in [1.165, 1.54) is 23.5 Å². The third kappa shape index (κ3) is 3.42. The molecule has 2 fully saturated rings. The van der Waals surface area contributed by atoms with E-state index >= 15 is 0 Å². The average Bonchev–Trinajstić information content (AvgIpc) is 2.96. The number of halogens is 3. The van der Waals surface area contributed by atoms with Gasteiger partial charge in [0.2, 0.25) is 5.91 Å². The molecule has 10 heteroatoms. The Morgan fingerprint density at radius 1 is 1.38 bits per heavy atom. The number of thiol groups is 1. The average molecular weight is 361 g/mol. The highest BCUT2D eigenvalue weighted by Crippen LogP contribution is 2.52. The number of rotatable bonds is 3. The fraction of sp³-hybridized carbons (Fsp3) is 0.818. The first-order valence-electron chi connectivity index (χ1n) is 6.19. The highest BCUT2D eigenvalue weighted by atomic mass is 32.2. The zero-order valence-corrected chi connectivity index (χ0v) is 13.3. The minimum Gasteiger partial charge on any atom is -0.480 e. The third-order valence-corrected chi connectivity index (χ3v) is 7.34. The van der Waals surface area contributed by atoms with Gasteiger partial charge in [0.15, 0.2) is 0 Å². The summed E-state index contributed by atoms with van der Waals surface area (Å²) in [4.78, 5) is 24.3. The number of hydrogen-bond donors (Lipinski definition) is 2. The molecule has 1 amide bonds. The molecule has 0 saturated carbocycles. The number of carboxylic acid groups (broad SMARTS) is 1. The number of carbonyl (C=O) groups excluding carboxylic acids is 1. The summed E-state index contributed by atoms with van der Waals surface area (Å²) in [6, 6.07) is -1.19. The van der Waals surface area contributed by atoms with Gasteiger partial charge in [0.05, 0.1) is 4.08 Å². The molecule has 0 radical (unpaired) electrons. The molecule has 0 aliphatic carbocycles. The maximum atomic E-state index is 12.9. The first-order chi connectivity index (χ1) is 9.70. The second kappa shape index (κ2) is 6.11. The van der Waals surface area contributed by atoms with Crippen LogP contribution < -0.4 is 0 Å². The predicted molar refractivity (Wildman–Crippen MR) is 78.8 cm³/mol. The summed E-state index contributed by atoms with van der Waals surface area (Å²) in [6.07, 6.45) is -4.53. The summed E-state index contributed by atoms with van der Waals surface area (Å²) in [5, 5.41) is 9.22. The van der Waals surface area contributed by atoms with Crippen molar-refractivity contribution in [2.24, 2.45) is 5.92 Å². The normalized spacial score (nSPS) is 26.3. The molecule has 2 rings (SSSR count). The number of carbonyl (C=O) groups is 2. The van der Waals surface area contributed by atoms with Crippen LogP contribution in [0.15, 0.2) is 0 Å². The Kier molecular flexibility index (Phi) is 4.99. The fourth-order valence-corrected chi connectivity index (χ4v) is 6.14. The van der Waals surface area contributed by atoms with E-state index in [2.05, 4.69) is 12.6 Å². The molecule has 0 bridgehead atoms. The lowest BCUT2D eigenvalue weighted by Gasteiger charge is -2.27. The van der Waals surface area contributed by atoms with E-state index in [-0.39, 0.29) is 13.0 Å². The van der Waals surface area contributed by atoms with Gasteiger partial charge in [-0.2, -0.15) is 25.8 Å². The summed E-state index contributed by atoms with van der Waals surface area (Å²) >= 11 is 6.65. The topological polar surface area (TPSA) is 57.6 Å². The van der Waals surface area contributed by atoms with Crippen LogP contribution in [0.5, 0.6) is 0 Å². The lowest BCUT2D eigenvalue weighted by atomic mass is 10.1. The van der Waals surface area contributed by atoms with Crippen LogP contribution in [0.25, 0.3) is 0 Å². The molecule has 2 aliphatic heterocycles. The minimum absolute atomic E-state index is 0.0402. The Bertz CT molecular complexity index is 440. The molecule has 21 heavy (non-hydrogen) atoms. The second-order valence-corrected chi connectivity index (χ2v) is 8.49. The minimum atomic E-state index is -4.71. The summed E-state index contributed by atoms with van der Waals surface area (Å²) in [7, 11) is 0. The van der Waals surface area contributed by atoms with Gasteiger partial charge >= 0.3 is 12.1 Å². The lowest BCUT2D eigenvalue weighted by molar-refractivity contribution is -0.186. The van der Waals surface area contributed by atoms with E-state index in [0.717, 1.165) is 16.4 Å². The Morgan fingerprint density at radius 3 is 2.38 bits per heavy atom. The van der Waals surface area contributed by atoms with E-state index in [1.807, 2.05) is 0 Å². The van der Waals surface area contributed by atoms with Crippen molar-refractivity contribution < 1.29 is 27.9 Å². The van der Waals surface area contributed by atoms with Gasteiger partial charge in [0.25, 0.3) is 0 Å². The van der Waals surface area contributed by atoms with Crippen LogP contribution in [0.1, 0.15) is 6.42 Å². The Hall–Kier alpha value is -0.220. The predicted octanol–water partition coefficient (Wildman–Crippen LogP) is 1.96. The Morgan fingerprint density at radius 2 is 1.95 bits per heavy atom. The van der Waals surface area contributed by atoms with Crippen LogP contribution >= 0.6 is 36.2 Å². The van der Waals surface area contributed by atoms with Crippen LogP contribution in [0.3, 0.4) is 0 Å². The van der Waals surface area contributed by atoms with Crippen molar-refractivity contribution in [2.45, 2.75) is 22.7 Å². The van der Waals surface area contributed by atoms with Crippen LogP contribution in [-0.4, -0.2) is 62.0 Å². The quantitative estimate of drug-likeness (QED) is 0.753. The van der Waals surface area contributed by atoms with Gasteiger partial charge < -0.3 is 10.0 Å². The maximum absolute atomic E-state index is 12.9. The first-order valence-corrected chi connectivity index (χ1v) is 8.79. The Labute approximate surface area is 133 Å². The van der Waals surface area contributed by atoms with Crippen molar-refractivity contribution in [3.63, 3.8) is 0 Å². The molecule has 2 aliphatic rings. The van der Waals surface area contributed by atoms with Crippen LogP contribution in [0, 0.1) is 5.92 Å². The lowest BCUT2D eigenvalue weighted by Crippen LogP contribution is -2.48. The molecule has 0 aromatic rings. The van der Waals surface area contributed by atoms with Gasteiger partial charge in [-0.25, -0.2) is 4.79 Å². The van der Waals surface area contributed by atoms with Gasteiger partial charge in [-0.15, -0.1) is 23.5 Å². The van der Waals surface area contributed by atoms with Crippen molar-refractivity contribution in [1.29, 1.82) is 0 Å². The zero-order chi connectivity index (χ0) is 15.8. The molecule has 1 spiro atoms. The molecule has 2 saturated heterocycles. The van der Waals surface area contributed by atoms with E-state index < -0.39 is 39.8 Å². The number of carboxylic acids is 1. The molecule has 120 valence electrons. The first kappa shape index (κ1) is 17.1. The van der Waals surface area contributed by atoms with E-state index in [0.29, 0.717) is 0 Å². The van der Waals surface area contributed by atoms with E-state index in [4.69, 9.17) is 0 Å². The van der Waals surface area contributed by atoms with Gasteiger partial charge in [0, 0.05) is 30.2 Å². The number of amides is 1. The highest BCUT2D eigenvalue weighted by Gasteiger charge is 2.55. The standard InChI is InChI=1S/C11H14F3NO3S3/c12-11(13,14)6(4-19)8(16)15-5-10(20-1-2-21-10)3-7(15)9(17)18/h6-7,19H,1-5H2,(H,17,18)/t6?,7-/m0/s1. The van der Waals surface area contributed by atoms with Crippen LogP contribution in [-0.2, 0) is 9.59 Å². The van der Waals surface area contributed by atoms with Crippen molar-refractivity contribution in [2.75, 3.05) is 23.8 Å². The number of alkyl halides is 3. The summed E-state index contributed by atoms with van der Waals surface area (Å²) in [6.45, 7) is 0.0402. The number of nitrogens with zero attached hydrogens (tertiary/aromatic N) is 1. The molecule has 0 aromatic heterocycles. The number of aliphatic carboxylic acids is 1. The number of hydrogen-bond acceptors (Lipinski definition) is 5. The largest absolute Gasteiger partial charge is 0.480 e. The molecule has 4 nitrogen and oxygen atoms in total. The highest BCUT2D eigenvalue weighted by molar-refractivity contribution is 8.21. The molecular weight excluding hydrogens is 347 g/mol.